The van der Waals surface area contributed by atoms with E-state index in [1.807, 2.05) is 6.07 Å². The van der Waals surface area contributed by atoms with E-state index in [-0.39, 0.29) is 0 Å². The van der Waals surface area contributed by atoms with Gasteiger partial charge in [-0.1, -0.05) is 15.9 Å². The molecule has 1 aromatic carbocycles. The Labute approximate surface area is 98.9 Å². The Morgan fingerprint density at radius 1 is 1.31 bits per heavy atom. The quantitative estimate of drug-likeness (QED) is 0.600. The van der Waals surface area contributed by atoms with Crippen molar-refractivity contribution in [3.8, 4) is 11.5 Å². The first-order valence-corrected chi connectivity index (χ1v) is 6.15. The van der Waals surface area contributed by atoms with Crippen LogP contribution in [0.15, 0.2) is 12.1 Å². The highest BCUT2D eigenvalue weighted by atomic mass is 127. The van der Waals surface area contributed by atoms with Crippen LogP contribution in [0, 0.1) is 3.57 Å². The van der Waals surface area contributed by atoms with Crippen LogP contribution in [0.25, 0.3) is 0 Å². The first-order valence-electron chi connectivity index (χ1n) is 3.95. The summed E-state index contributed by atoms with van der Waals surface area (Å²) in [5.74, 6) is 1.74. The van der Waals surface area contributed by atoms with Crippen LogP contribution in [0.3, 0.4) is 0 Å². The van der Waals surface area contributed by atoms with Gasteiger partial charge in [-0.25, -0.2) is 0 Å². The molecular weight excluding hydrogens is 347 g/mol. The molecule has 0 aliphatic carbocycles. The molecule has 2 nitrogen and oxygen atoms in total. The van der Waals surface area contributed by atoms with Crippen molar-refractivity contribution in [2.75, 3.05) is 12.1 Å². The minimum atomic E-state index is 0.350. The maximum absolute atomic E-state index is 5.30. The number of halogens is 2. The Morgan fingerprint density at radius 2 is 2.00 bits per heavy atom. The van der Waals surface area contributed by atoms with E-state index in [9.17, 15) is 0 Å². The van der Waals surface area contributed by atoms with Gasteiger partial charge in [0.05, 0.1) is 0 Å². The van der Waals surface area contributed by atoms with E-state index >= 15 is 0 Å². The molecule has 4 heteroatoms. The second kappa shape index (κ2) is 4.04. The molecule has 0 aromatic heterocycles. The lowest BCUT2D eigenvalue weighted by molar-refractivity contribution is 0.174. The molecule has 0 unspecified atom stereocenters. The first kappa shape index (κ1) is 9.58. The number of aryl methyl sites for hydroxylation is 1. The van der Waals surface area contributed by atoms with Gasteiger partial charge in [-0.05, 0) is 46.7 Å². The number of ether oxygens (including phenoxy) is 2. The third kappa shape index (κ3) is 1.93. The summed E-state index contributed by atoms with van der Waals surface area (Å²) in [6, 6.07) is 4.09. The summed E-state index contributed by atoms with van der Waals surface area (Å²) in [7, 11) is 0. The number of hydrogen-bond donors (Lipinski definition) is 0. The summed E-state index contributed by atoms with van der Waals surface area (Å²) < 4.78 is 11.8. The third-order valence-electron chi connectivity index (χ3n) is 1.91. The number of alkyl halides is 1. The van der Waals surface area contributed by atoms with Gasteiger partial charge in [0, 0.05) is 8.90 Å². The molecule has 1 aromatic rings. The van der Waals surface area contributed by atoms with E-state index in [1.54, 1.807) is 0 Å². The lowest BCUT2D eigenvalue weighted by Gasteiger charge is -2.03. The minimum Gasteiger partial charge on any atom is -0.454 e. The van der Waals surface area contributed by atoms with Crippen molar-refractivity contribution in [2.45, 2.75) is 6.42 Å². The van der Waals surface area contributed by atoms with E-state index in [4.69, 9.17) is 9.47 Å². The van der Waals surface area contributed by atoms with Gasteiger partial charge in [0.15, 0.2) is 11.5 Å². The molecule has 13 heavy (non-hydrogen) atoms. The molecule has 70 valence electrons. The van der Waals surface area contributed by atoms with E-state index < -0.39 is 0 Å². The van der Waals surface area contributed by atoms with Crippen molar-refractivity contribution in [3.05, 3.63) is 21.3 Å². The van der Waals surface area contributed by atoms with Gasteiger partial charge in [-0.3, -0.25) is 0 Å². The Kier molecular flexibility index (Phi) is 2.98. The fraction of sp³-hybridized carbons (Fsp3) is 0.333. The average Bonchev–Trinajstić information content (AvgIpc) is 2.52. The lowest BCUT2D eigenvalue weighted by atomic mass is 10.1. The Morgan fingerprint density at radius 3 is 2.69 bits per heavy atom. The molecule has 1 heterocycles. The molecule has 0 N–H and O–H groups in total. The highest BCUT2D eigenvalue weighted by molar-refractivity contribution is 14.1. The van der Waals surface area contributed by atoms with Gasteiger partial charge in [0.1, 0.15) is 0 Å². The van der Waals surface area contributed by atoms with Crippen molar-refractivity contribution in [3.63, 3.8) is 0 Å². The van der Waals surface area contributed by atoms with Crippen molar-refractivity contribution < 1.29 is 9.47 Å². The molecular formula is C9H8BrIO2. The highest BCUT2D eigenvalue weighted by Crippen LogP contribution is 2.35. The Hall–Kier alpha value is 0.0300. The summed E-state index contributed by atoms with van der Waals surface area (Å²) in [5, 5.41) is 0.975. The van der Waals surface area contributed by atoms with Crippen LogP contribution < -0.4 is 9.47 Å². The summed E-state index contributed by atoms with van der Waals surface area (Å²) in [6.07, 6.45) is 1.02. The van der Waals surface area contributed by atoms with Gasteiger partial charge in [-0.2, -0.15) is 0 Å². The predicted octanol–water partition coefficient (Wildman–Crippen LogP) is 2.96. The average molecular weight is 355 g/mol. The van der Waals surface area contributed by atoms with Crippen LogP contribution in [-0.4, -0.2) is 12.1 Å². The normalized spacial score (nSPS) is 13.4. The van der Waals surface area contributed by atoms with Crippen LogP contribution in [0.4, 0.5) is 0 Å². The van der Waals surface area contributed by atoms with Crippen LogP contribution in [-0.2, 0) is 6.42 Å². The van der Waals surface area contributed by atoms with Gasteiger partial charge in [0.25, 0.3) is 0 Å². The molecule has 0 spiro atoms. The molecule has 1 aliphatic heterocycles. The molecule has 0 bridgehead atoms. The zero-order chi connectivity index (χ0) is 9.26. The van der Waals surface area contributed by atoms with E-state index in [2.05, 4.69) is 44.6 Å². The van der Waals surface area contributed by atoms with Crippen molar-refractivity contribution in [1.82, 2.24) is 0 Å². The topological polar surface area (TPSA) is 18.5 Å². The lowest BCUT2D eigenvalue weighted by Crippen LogP contribution is -1.93. The van der Waals surface area contributed by atoms with E-state index in [0.717, 1.165) is 23.2 Å². The molecule has 0 saturated heterocycles. The van der Waals surface area contributed by atoms with E-state index in [0.29, 0.717) is 6.79 Å². The van der Waals surface area contributed by atoms with E-state index in [1.165, 1.54) is 9.13 Å². The van der Waals surface area contributed by atoms with Crippen LogP contribution >= 0.6 is 38.5 Å². The smallest absolute Gasteiger partial charge is 0.231 e. The number of benzene rings is 1. The fourth-order valence-electron chi connectivity index (χ4n) is 1.25. The van der Waals surface area contributed by atoms with Gasteiger partial charge in [0.2, 0.25) is 6.79 Å². The maximum atomic E-state index is 5.30. The minimum absolute atomic E-state index is 0.350. The first-order chi connectivity index (χ1) is 6.31. The zero-order valence-corrected chi connectivity index (χ0v) is 10.6. The summed E-state index contributed by atoms with van der Waals surface area (Å²) in [5.41, 5.74) is 1.31. The second-order valence-corrected chi connectivity index (χ2v) is 4.69. The summed E-state index contributed by atoms with van der Waals surface area (Å²) in [4.78, 5) is 0. The van der Waals surface area contributed by atoms with Crippen LogP contribution in [0.1, 0.15) is 5.56 Å². The second-order valence-electron chi connectivity index (χ2n) is 2.74. The Balaban J connectivity index is 2.37. The van der Waals surface area contributed by atoms with Gasteiger partial charge < -0.3 is 9.47 Å². The van der Waals surface area contributed by atoms with Gasteiger partial charge in [-0.15, -0.1) is 0 Å². The largest absolute Gasteiger partial charge is 0.454 e. The summed E-state index contributed by atoms with van der Waals surface area (Å²) >= 11 is 5.75. The summed E-state index contributed by atoms with van der Waals surface area (Å²) in [6.45, 7) is 0.350. The maximum Gasteiger partial charge on any atom is 0.231 e. The molecule has 2 rings (SSSR count). The number of rotatable bonds is 2. The molecule has 0 atom stereocenters. The van der Waals surface area contributed by atoms with Crippen molar-refractivity contribution >= 4 is 38.5 Å². The molecule has 0 fully saturated rings. The molecule has 0 radical (unpaired) electrons. The number of fused-ring (bicyclic) bond motifs is 1. The number of hydrogen-bond acceptors (Lipinski definition) is 2. The van der Waals surface area contributed by atoms with Crippen LogP contribution in [0.5, 0.6) is 11.5 Å². The highest BCUT2D eigenvalue weighted by Gasteiger charge is 2.15. The molecule has 0 saturated carbocycles. The van der Waals surface area contributed by atoms with Crippen molar-refractivity contribution in [2.24, 2.45) is 0 Å². The molecule has 0 amide bonds. The standard InChI is InChI=1S/C9H8BrIO2/c10-2-1-6-3-8-9(4-7(6)11)13-5-12-8/h3-4H,1-2,5H2. The van der Waals surface area contributed by atoms with Crippen molar-refractivity contribution in [1.29, 1.82) is 0 Å². The fourth-order valence-corrected chi connectivity index (χ4v) is 2.39. The predicted molar refractivity (Wildman–Crippen MR) is 62.8 cm³/mol. The Bertz CT molecular complexity index is 328. The third-order valence-corrected chi connectivity index (χ3v) is 3.31. The van der Waals surface area contributed by atoms with Gasteiger partial charge >= 0.3 is 0 Å². The van der Waals surface area contributed by atoms with Crippen LogP contribution in [0.2, 0.25) is 0 Å². The SMILES string of the molecule is BrCCc1cc2c(cc1I)OCO2. The molecule has 1 aliphatic rings. The zero-order valence-electron chi connectivity index (χ0n) is 6.85. The monoisotopic (exact) mass is 354 g/mol.